The molecule has 1 heterocycles. The average Bonchev–Trinajstić information content (AvgIpc) is 2.94. The van der Waals surface area contributed by atoms with Gasteiger partial charge in [-0.2, -0.15) is 0 Å². The molecule has 0 aliphatic carbocycles. The zero-order chi connectivity index (χ0) is 26.7. The van der Waals surface area contributed by atoms with Gasteiger partial charge in [0.1, 0.15) is 12.2 Å². The molecule has 0 radical (unpaired) electrons. The smallest absolute Gasteiger partial charge is 0.217 e. The molecule has 3 aromatic carbocycles. The van der Waals surface area contributed by atoms with Crippen LogP contribution in [-0.2, 0) is 43.5 Å². The summed E-state index contributed by atoms with van der Waals surface area (Å²) >= 11 is 11.8. The average molecular weight is 559 g/mol. The second-order valence-corrected chi connectivity index (χ2v) is 10.3. The number of rotatable bonds is 12. The molecule has 5 atom stereocenters. The maximum atomic E-state index is 8.06. The van der Waals surface area contributed by atoms with Gasteiger partial charge in [0.15, 0.2) is 4.84 Å². The van der Waals surface area contributed by atoms with Crippen LogP contribution < -0.4 is 0 Å². The molecular formula is C30H33Cl2NO5. The van der Waals surface area contributed by atoms with E-state index in [2.05, 4.69) is 0 Å². The minimum atomic E-state index is -1.10. The van der Waals surface area contributed by atoms with Gasteiger partial charge in [-0.3, -0.25) is 5.41 Å². The van der Waals surface area contributed by atoms with Crippen LogP contribution in [0.25, 0.3) is 0 Å². The SMILES string of the molecule is CC1C(OC(=N)C(Cl)Cl)OC(COCc2ccccc2)C(OCc2ccccc2)C1OCc1ccccc1. The molecule has 0 spiro atoms. The molecule has 1 aliphatic heterocycles. The monoisotopic (exact) mass is 557 g/mol. The second-order valence-electron chi connectivity index (χ2n) is 9.21. The first-order valence-corrected chi connectivity index (χ1v) is 13.5. The van der Waals surface area contributed by atoms with E-state index in [0.717, 1.165) is 16.7 Å². The fourth-order valence-corrected chi connectivity index (χ4v) is 4.44. The summed E-state index contributed by atoms with van der Waals surface area (Å²) in [5.74, 6) is -0.572. The van der Waals surface area contributed by atoms with E-state index in [0.29, 0.717) is 19.8 Å². The van der Waals surface area contributed by atoms with Gasteiger partial charge in [0.05, 0.1) is 32.5 Å². The number of hydrogen-bond acceptors (Lipinski definition) is 6. The molecule has 8 heteroatoms. The third kappa shape index (κ3) is 8.27. The lowest BCUT2D eigenvalue weighted by Gasteiger charge is -2.45. The molecule has 38 heavy (non-hydrogen) atoms. The lowest BCUT2D eigenvalue weighted by Crippen LogP contribution is -2.58. The van der Waals surface area contributed by atoms with Crippen LogP contribution >= 0.6 is 23.2 Å². The van der Waals surface area contributed by atoms with Gasteiger partial charge < -0.3 is 23.7 Å². The molecule has 0 amide bonds. The Bertz CT molecular complexity index is 1100. The van der Waals surface area contributed by atoms with E-state index in [4.69, 9.17) is 52.3 Å². The molecule has 4 rings (SSSR count). The number of nitrogens with one attached hydrogen (secondary N) is 1. The van der Waals surface area contributed by atoms with Crippen LogP contribution in [0.2, 0.25) is 0 Å². The largest absolute Gasteiger partial charge is 0.449 e. The summed E-state index contributed by atoms with van der Waals surface area (Å²) in [6, 6.07) is 29.8. The van der Waals surface area contributed by atoms with Gasteiger partial charge >= 0.3 is 0 Å². The van der Waals surface area contributed by atoms with Gasteiger partial charge in [-0.15, -0.1) is 0 Å². The van der Waals surface area contributed by atoms with Crippen molar-refractivity contribution in [2.75, 3.05) is 6.61 Å². The lowest BCUT2D eigenvalue weighted by molar-refractivity contribution is -0.285. The lowest BCUT2D eigenvalue weighted by atomic mass is 9.91. The highest BCUT2D eigenvalue weighted by molar-refractivity contribution is 6.53. The summed E-state index contributed by atoms with van der Waals surface area (Å²) < 4.78 is 31.1. The predicted octanol–water partition coefficient (Wildman–Crippen LogP) is 6.53. The number of alkyl halides is 2. The van der Waals surface area contributed by atoms with Crippen molar-refractivity contribution in [3.63, 3.8) is 0 Å². The van der Waals surface area contributed by atoms with Gasteiger partial charge in [0.25, 0.3) is 0 Å². The predicted molar refractivity (Wildman–Crippen MR) is 148 cm³/mol. The molecule has 1 aliphatic rings. The Labute approximate surface area is 234 Å². The first kappa shape index (κ1) is 28.6. The van der Waals surface area contributed by atoms with E-state index < -0.39 is 29.4 Å². The molecule has 0 aromatic heterocycles. The first-order valence-electron chi connectivity index (χ1n) is 12.6. The minimum absolute atomic E-state index is 0.241. The summed E-state index contributed by atoms with van der Waals surface area (Å²) in [4.78, 5) is -1.10. The van der Waals surface area contributed by atoms with Crippen LogP contribution in [0.5, 0.6) is 0 Å². The summed E-state index contributed by atoms with van der Waals surface area (Å²) in [7, 11) is 0. The number of halogens is 2. The summed E-state index contributed by atoms with van der Waals surface area (Å²) in [6.45, 7) is 3.38. The fraction of sp³-hybridized carbons (Fsp3) is 0.367. The summed E-state index contributed by atoms with van der Waals surface area (Å²) in [5, 5.41) is 8.06. The van der Waals surface area contributed by atoms with Gasteiger partial charge in [0, 0.05) is 5.92 Å². The van der Waals surface area contributed by atoms with Crippen molar-refractivity contribution >= 4 is 29.1 Å². The molecule has 1 N–H and O–H groups in total. The molecule has 0 saturated carbocycles. The van der Waals surface area contributed by atoms with Gasteiger partial charge in [-0.05, 0) is 16.7 Å². The molecule has 1 saturated heterocycles. The van der Waals surface area contributed by atoms with Crippen LogP contribution in [0.15, 0.2) is 91.0 Å². The van der Waals surface area contributed by atoms with Crippen molar-refractivity contribution in [1.29, 1.82) is 5.41 Å². The third-order valence-electron chi connectivity index (χ3n) is 6.35. The van der Waals surface area contributed by atoms with Crippen molar-refractivity contribution in [3.05, 3.63) is 108 Å². The van der Waals surface area contributed by atoms with Crippen molar-refractivity contribution in [3.8, 4) is 0 Å². The van der Waals surface area contributed by atoms with E-state index in [1.807, 2.05) is 97.9 Å². The quantitative estimate of drug-likeness (QED) is 0.156. The van der Waals surface area contributed by atoms with E-state index in [1.165, 1.54) is 0 Å². The molecule has 1 fully saturated rings. The number of benzene rings is 3. The Morgan fingerprint density at radius 1 is 0.763 bits per heavy atom. The van der Waals surface area contributed by atoms with E-state index in [9.17, 15) is 0 Å². The molecule has 6 nitrogen and oxygen atoms in total. The Balaban J connectivity index is 1.54. The van der Waals surface area contributed by atoms with Crippen LogP contribution in [0.1, 0.15) is 23.6 Å². The molecular weight excluding hydrogens is 525 g/mol. The number of ether oxygens (including phenoxy) is 5. The van der Waals surface area contributed by atoms with Crippen molar-refractivity contribution in [1.82, 2.24) is 0 Å². The Morgan fingerprint density at radius 3 is 1.74 bits per heavy atom. The van der Waals surface area contributed by atoms with Gasteiger partial charge in [-0.25, -0.2) is 0 Å². The Kier molecular flexibility index (Phi) is 11.0. The van der Waals surface area contributed by atoms with Gasteiger partial charge in [0.2, 0.25) is 12.2 Å². The van der Waals surface area contributed by atoms with Crippen LogP contribution in [0.4, 0.5) is 0 Å². The molecule has 0 bridgehead atoms. The summed E-state index contributed by atoms with van der Waals surface area (Å²) in [6.07, 6.45) is -2.21. The van der Waals surface area contributed by atoms with Crippen molar-refractivity contribution in [2.24, 2.45) is 5.92 Å². The highest BCUT2D eigenvalue weighted by Crippen LogP contribution is 2.33. The normalized spacial score (nSPS) is 23.3. The van der Waals surface area contributed by atoms with Crippen molar-refractivity contribution in [2.45, 2.75) is 56.2 Å². The molecule has 3 aromatic rings. The fourth-order valence-electron chi connectivity index (χ4n) is 4.33. The second kappa shape index (κ2) is 14.6. The molecule has 5 unspecified atom stereocenters. The molecule has 202 valence electrons. The van der Waals surface area contributed by atoms with E-state index in [-0.39, 0.29) is 18.4 Å². The maximum absolute atomic E-state index is 8.06. The highest BCUT2D eigenvalue weighted by atomic mass is 35.5. The first-order chi connectivity index (χ1) is 18.5. The summed E-state index contributed by atoms with van der Waals surface area (Å²) in [5.41, 5.74) is 3.13. The topological polar surface area (TPSA) is 70.0 Å². The minimum Gasteiger partial charge on any atom is -0.449 e. The van der Waals surface area contributed by atoms with Crippen molar-refractivity contribution < 1.29 is 23.7 Å². The third-order valence-corrected chi connectivity index (χ3v) is 6.75. The number of hydrogen-bond donors (Lipinski definition) is 1. The zero-order valence-electron chi connectivity index (χ0n) is 21.2. The Hall–Kier alpha value is -2.45. The van der Waals surface area contributed by atoms with Gasteiger partial charge in [-0.1, -0.05) is 121 Å². The maximum Gasteiger partial charge on any atom is 0.217 e. The van der Waals surface area contributed by atoms with E-state index in [1.54, 1.807) is 0 Å². The standard InChI is InChI=1S/C30H33Cl2NO5/c1-21-26(35-18-23-13-7-3-8-14-23)27(36-19-24-15-9-4-10-16-24)25(37-30(21)38-29(33)28(31)32)20-34-17-22-11-5-2-6-12-22/h2-16,21,25-28,30,33H,17-20H2,1H3. The zero-order valence-corrected chi connectivity index (χ0v) is 22.8. The van der Waals surface area contributed by atoms with E-state index >= 15 is 0 Å². The highest BCUT2D eigenvalue weighted by Gasteiger charge is 2.47. The van der Waals surface area contributed by atoms with Crippen LogP contribution in [-0.4, -0.2) is 41.9 Å². The van der Waals surface area contributed by atoms with Crippen LogP contribution in [0.3, 0.4) is 0 Å². The Morgan fingerprint density at radius 2 is 1.24 bits per heavy atom. The van der Waals surface area contributed by atoms with Crippen LogP contribution in [0, 0.1) is 11.3 Å².